The van der Waals surface area contributed by atoms with Crippen LogP contribution in [0.25, 0.3) is 10.2 Å². The van der Waals surface area contributed by atoms with Gasteiger partial charge in [0.25, 0.3) is 5.91 Å². The van der Waals surface area contributed by atoms with Crippen molar-refractivity contribution in [2.45, 2.75) is 32.2 Å². The third-order valence-corrected chi connectivity index (χ3v) is 6.95. The molecule has 0 bridgehead atoms. The lowest BCUT2D eigenvalue weighted by molar-refractivity contribution is 0.0733. The van der Waals surface area contributed by atoms with Gasteiger partial charge in [0, 0.05) is 23.3 Å². The molecule has 1 saturated heterocycles. The Kier molecular flexibility index (Phi) is 5.47. The molecular formula is C25H22ClN3OS. The molecule has 1 aliphatic heterocycles. The molecule has 0 saturated carbocycles. The maximum atomic E-state index is 13.3. The number of halogens is 1. The summed E-state index contributed by atoms with van der Waals surface area (Å²) in [6.07, 6.45) is 4.67. The van der Waals surface area contributed by atoms with Crippen molar-refractivity contribution in [1.29, 1.82) is 0 Å². The minimum Gasteiger partial charge on any atom is -0.330 e. The van der Waals surface area contributed by atoms with Crippen LogP contribution in [0.2, 0.25) is 5.02 Å². The van der Waals surface area contributed by atoms with E-state index in [9.17, 15) is 4.79 Å². The first-order chi connectivity index (χ1) is 15.1. The SMILES string of the molecule is Cc1nc2ccc(C(=O)N3CCC[C@H]3c3ccc(Cc4ccc(Cl)cc4)cn3)cc2s1. The van der Waals surface area contributed by atoms with Gasteiger partial charge in [-0.15, -0.1) is 11.3 Å². The Morgan fingerprint density at radius 2 is 1.94 bits per heavy atom. The first-order valence-electron chi connectivity index (χ1n) is 10.4. The number of nitrogens with zero attached hydrogens (tertiary/aromatic N) is 3. The smallest absolute Gasteiger partial charge is 0.254 e. The summed E-state index contributed by atoms with van der Waals surface area (Å²) in [5, 5.41) is 1.76. The molecule has 6 heteroatoms. The largest absolute Gasteiger partial charge is 0.330 e. The summed E-state index contributed by atoms with van der Waals surface area (Å²) in [5.41, 5.74) is 4.98. The third kappa shape index (κ3) is 4.21. The molecule has 0 N–H and O–H groups in total. The van der Waals surface area contributed by atoms with Crippen LogP contribution in [0.3, 0.4) is 0 Å². The lowest BCUT2D eigenvalue weighted by atomic mass is 10.0. The van der Waals surface area contributed by atoms with Crippen LogP contribution in [0.15, 0.2) is 60.8 Å². The van der Waals surface area contributed by atoms with E-state index in [1.165, 1.54) is 5.56 Å². The molecule has 1 aliphatic rings. The van der Waals surface area contributed by atoms with Gasteiger partial charge < -0.3 is 4.90 Å². The fraction of sp³-hybridized carbons (Fsp3) is 0.240. The van der Waals surface area contributed by atoms with Crippen LogP contribution in [-0.4, -0.2) is 27.3 Å². The van der Waals surface area contributed by atoms with E-state index in [0.717, 1.165) is 62.9 Å². The number of rotatable bonds is 4. The van der Waals surface area contributed by atoms with Crippen molar-refractivity contribution in [3.05, 3.63) is 93.2 Å². The summed E-state index contributed by atoms with van der Waals surface area (Å²) in [4.78, 5) is 24.5. The highest BCUT2D eigenvalue weighted by Gasteiger charge is 2.31. The van der Waals surface area contributed by atoms with E-state index in [1.54, 1.807) is 11.3 Å². The van der Waals surface area contributed by atoms with Crippen LogP contribution in [0, 0.1) is 6.92 Å². The second-order valence-corrected chi connectivity index (χ2v) is 9.64. The molecule has 5 rings (SSSR count). The zero-order valence-electron chi connectivity index (χ0n) is 17.2. The molecule has 1 amide bonds. The molecule has 4 nitrogen and oxygen atoms in total. The Balaban J connectivity index is 1.34. The molecule has 0 aliphatic carbocycles. The molecule has 156 valence electrons. The van der Waals surface area contributed by atoms with Crippen molar-refractivity contribution < 1.29 is 4.79 Å². The Bertz CT molecular complexity index is 1230. The molecule has 0 radical (unpaired) electrons. The quantitative estimate of drug-likeness (QED) is 0.373. The number of thiazole rings is 1. The van der Waals surface area contributed by atoms with E-state index in [1.807, 2.05) is 60.5 Å². The minimum absolute atomic E-state index is 0.0241. The molecule has 4 aromatic rings. The lowest BCUT2D eigenvalue weighted by Gasteiger charge is -2.24. The van der Waals surface area contributed by atoms with E-state index in [2.05, 4.69) is 17.1 Å². The van der Waals surface area contributed by atoms with Crippen LogP contribution < -0.4 is 0 Å². The van der Waals surface area contributed by atoms with Crippen LogP contribution in [0.5, 0.6) is 0 Å². The number of hydrogen-bond donors (Lipinski definition) is 0. The van der Waals surface area contributed by atoms with Crippen LogP contribution in [0.4, 0.5) is 0 Å². The Morgan fingerprint density at radius 3 is 2.71 bits per heavy atom. The molecule has 2 aromatic carbocycles. The van der Waals surface area contributed by atoms with E-state index >= 15 is 0 Å². The summed E-state index contributed by atoms with van der Waals surface area (Å²) in [6.45, 7) is 2.75. The van der Waals surface area contributed by atoms with Crippen molar-refractivity contribution in [2.24, 2.45) is 0 Å². The molecule has 31 heavy (non-hydrogen) atoms. The van der Waals surface area contributed by atoms with Crippen molar-refractivity contribution in [2.75, 3.05) is 6.54 Å². The summed E-state index contributed by atoms with van der Waals surface area (Å²) in [6, 6.07) is 17.9. The van der Waals surface area contributed by atoms with Gasteiger partial charge >= 0.3 is 0 Å². The predicted octanol–water partition coefficient (Wildman–Crippen LogP) is 6.22. The maximum absolute atomic E-state index is 13.3. The van der Waals surface area contributed by atoms with Gasteiger partial charge in [0.1, 0.15) is 0 Å². The average Bonchev–Trinajstić information content (AvgIpc) is 3.41. The second kappa shape index (κ2) is 8.40. The number of likely N-dealkylation sites (tertiary alicyclic amines) is 1. The number of carbonyl (C=O) groups is 1. The molecule has 0 spiro atoms. The molecular weight excluding hydrogens is 426 g/mol. The van der Waals surface area contributed by atoms with Gasteiger partial charge in [-0.1, -0.05) is 29.8 Å². The summed E-state index contributed by atoms with van der Waals surface area (Å²) in [7, 11) is 0. The lowest BCUT2D eigenvalue weighted by Crippen LogP contribution is -2.31. The van der Waals surface area contributed by atoms with Crippen molar-refractivity contribution in [3.63, 3.8) is 0 Å². The van der Waals surface area contributed by atoms with E-state index in [4.69, 9.17) is 16.6 Å². The highest BCUT2D eigenvalue weighted by molar-refractivity contribution is 7.18. The van der Waals surface area contributed by atoms with Gasteiger partial charge in [-0.3, -0.25) is 9.78 Å². The highest BCUT2D eigenvalue weighted by Crippen LogP contribution is 2.33. The standard InChI is InChI=1S/C25H22ClN3OS/c1-16-28-22-11-7-19(14-24(22)31-16)25(30)29-12-2-3-23(29)21-10-6-18(15-27-21)13-17-4-8-20(26)9-5-17/h4-11,14-15,23H,2-3,12-13H2,1H3/t23-/m0/s1. The minimum atomic E-state index is 0.0241. The number of amides is 1. The fourth-order valence-corrected chi connectivity index (χ4v) is 5.22. The number of pyridine rings is 1. The fourth-order valence-electron chi connectivity index (χ4n) is 4.23. The number of aryl methyl sites for hydroxylation is 1. The number of aromatic nitrogens is 2. The highest BCUT2D eigenvalue weighted by atomic mass is 35.5. The second-order valence-electron chi connectivity index (χ2n) is 7.97. The van der Waals surface area contributed by atoms with E-state index in [0.29, 0.717) is 0 Å². The van der Waals surface area contributed by atoms with Gasteiger partial charge in [-0.25, -0.2) is 4.98 Å². The molecule has 0 unspecified atom stereocenters. The van der Waals surface area contributed by atoms with Gasteiger partial charge in [-0.2, -0.15) is 0 Å². The predicted molar refractivity (Wildman–Crippen MR) is 126 cm³/mol. The zero-order chi connectivity index (χ0) is 21.4. The number of fused-ring (bicyclic) bond motifs is 1. The van der Waals surface area contributed by atoms with Gasteiger partial charge in [0.05, 0.1) is 27.0 Å². The summed E-state index contributed by atoms with van der Waals surface area (Å²) >= 11 is 7.60. The van der Waals surface area contributed by atoms with Crippen molar-refractivity contribution in [3.8, 4) is 0 Å². The first kappa shape index (κ1) is 20.2. The van der Waals surface area contributed by atoms with Crippen LogP contribution in [-0.2, 0) is 6.42 Å². The van der Waals surface area contributed by atoms with Gasteiger partial charge in [0.15, 0.2) is 0 Å². The van der Waals surface area contributed by atoms with Crippen LogP contribution in [0.1, 0.15) is 51.1 Å². The average molecular weight is 448 g/mol. The Morgan fingerprint density at radius 1 is 1.13 bits per heavy atom. The maximum Gasteiger partial charge on any atom is 0.254 e. The molecule has 3 heterocycles. The summed E-state index contributed by atoms with van der Waals surface area (Å²) in [5.74, 6) is 0.0718. The topological polar surface area (TPSA) is 46.1 Å². The van der Waals surface area contributed by atoms with Gasteiger partial charge in [0.2, 0.25) is 0 Å². The molecule has 1 atom stereocenters. The molecule has 2 aromatic heterocycles. The third-order valence-electron chi connectivity index (χ3n) is 5.77. The van der Waals surface area contributed by atoms with Crippen molar-refractivity contribution in [1.82, 2.24) is 14.9 Å². The Labute approximate surface area is 190 Å². The van der Waals surface area contributed by atoms with Gasteiger partial charge in [-0.05, 0) is 73.7 Å². The molecule has 1 fully saturated rings. The number of benzene rings is 2. The van der Waals surface area contributed by atoms with Crippen LogP contribution >= 0.6 is 22.9 Å². The van der Waals surface area contributed by atoms with Crippen molar-refractivity contribution >= 4 is 39.1 Å². The monoisotopic (exact) mass is 447 g/mol. The number of carbonyl (C=O) groups excluding carboxylic acids is 1. The Hall–Kier alpha value is -2.76. The number of hydrogen-bond acceptors (Lipinski definition) is 4. The normalized spacial score (nSPS) is 16.2. The van der Waals surface area contributed by atoms with E-state index < -0.39 is 0 Å². The summed E-state index contributed by atoms with van der Waals surface area (Å²) < 4.78 is 1.06. The van der Waals surface area contributed by atoms with E-state index in [-0.39, 0.29) is 11.9 Å². The first-order valence-corrected chi connectivity index (χ1v) is 11.6. The zero-order valence-corrected chi connectivity index (χ0v) is 18.8.